The Labute approximate surface area is 174 Å². The number of benzene rings is 2. The Morgan fingerprint density at radius 1 is 1.00 bits per heavy atom. The van der Waals surface area contributed by atoms with Crippen LogP contribution >= 0.6 is 0 Å². The first-order valence-electron chi connectivity index (χ1n) is 9.91. The molecular formula is C22H21FN4O2S. The Morgan fingerprint density at radius 2 is 1.63 bits per heavy atom. The average molecular weight is 425 g/mol. The number of anilines is 1. The van der Waals surface area contributed by atoms with E-state index < -0.39 is 20.9 Å². The van der Waals surface area contributed by atoms with Gasteiger partial charge in [-0.1, -0.05) is 31.4 Å². The Bertz CT molecular complexity index is 1200. The van der Waals surface area contributed by atoms with E-state index in [9.17, 15) is 18.1 Å². The standard InChI is InChI=1S/C22H21FN4O2S/c23-15-10-12-17(13-11-15)30(28,29)20(14-24)21-22(25-16-6-2-1-3-7-16)27-19-9-5-4-8-18(19)26-21/h4-5,8-13,16,20H,1-3,6-7H2,(H,25,27). The summed E-state index contributed by atoms with van der Waals surface area (Å²) >= 11 is 0. The summed E-state index contributed by atoms with van der Waals surface area (Å²) < 4.78 is 39.7. The van der Waals surface area contributed by atoms with Crippen molar-refractivity contribution in [2.75, 3.05) is 5.32 Å². The third-order valence-electron chi connectivity index (χ3n) is 5.36. The third-order valence-corrected chi connectivity index (χ3v) is 7.24. The normalized spacial score (nSPS) is 16.1. The van der Waals surface area contributed by atoms with Crippen molar-refractivity contribution in [3.8, 4) is 6.07 Å². The fourth-order valence-electron chi connectivity index (χ4n) is 3.78. The second kappa shape index (κ2) is 8.36. The van der Waals surface area contributed by atoms with Crippen LogP contribution in [-0.2, 0) is 9.84 Å². The summed E-state index contributed by atoms with van der Waals surface area (Å²) in [5.41, 5.74) is 1.21. The van der Waals surface area contributed by atoms with E-state index in [2.05, 4.69) is 15.3 Å². The number of nitrogens with zero attached hydrogens (tertiary/aromatic N) is 3. The van der Waals surface area contributed by atoms with Crippen LogP contribution in [0.3, 0.4) is 0 Å². The van der Waals surface area contributed by atoms with Crippen molar-refractivity contribution >= 4 is 26.7 Å². The van der Waals surface area contributed by atoms with Crippen LogP contribution in [0.25, 0.3) is 11.0 Å². The van der Waals surface area contributed by atoms with Gasteiger partial charge < -0.3 is 5.32 Å². The molecule has 154 valence electrons. The number of hydrogen-bond acceptors (Lipinski definition) is 6. The Hall–Kier alpha value is -3.05. The summed E-state index contributed by atoms with van der Waals surface area (Å²) in [5.74, 6) is -0.231. The van der Waals surface area contributed by atoms with Crippen molar-refractivity contribution in [3.63, 3.8) is 0 Å². The van der Waals surface area contributed by atoms with E-state index in [4.69, 9.17) is 0 Å². The van der Waals surface area contributed by atoms with Gasteiger partial charge in [0.2, 0.25) is 9.84 Å². The largest absolute Gasteiger partial charge is 0.366 e. The molecule has 1 aliphatic carbocycles. The zero-order valence-corrected chi connectivity index (χ0v) is 17.1. The van der Waals surface area contributed by atoms with Crippen molar-refractivity contribution in [1.29, 1.82) is 5.26 Å². The maximum absolute atomic E-state index is 13.3. The van der Waals surface area contributed by atoms with Crippen LogP contribution in [-0.4, -0.2) is 24.4 Å². The molecule has 1 fully saturated rings. The molecule has 1 unspecified atom stereocenters. The monoisotopic (exact) mass is 424 g/mol. The Morgan fingerprint density at radius 3 is 2.27 bits per heavy atom. The first-order valence-corrected chi connectivity index (χ1v) is 11.5. The van der Waals surface area contributed by atoms with Crippen LogP contribution in [0.4, 0.5) is 10.2 Å². The van der Waals surface area contributed by atoms with Gasteiger partial charge in [-0.05, 0) is 49.2 Å². The fourth-order valence-corrected chi connectivity index (χ4v) is 5.17. The molecule has 1 aromatic heterocycles. The molecule has 0 spiro atoms. The van der Waals surface area contributed by atoms with Crippen molar-refractivity contribution in [2.45, 2.75) is 48.3 Å². The van der Waals surface area contributed by atoms with Gasteiger partial charge in [0.05, 0.1) is 22.0 Å². The number of aromatic nitrogens is 2. The third kappa shape index (κ3) is 3.98. The number of nitriles is 1. The van der Waals surface area contributed by atoms with Gasteiger partial charge in [0.25, 0.3) is 0 Å². The van der Waals surface area contributed by atoms with Crippen LogP contribution in [0.5, 0.6) is 0 Å². The van der Waals surface area contributed by atoms with E-state index in [-0.39, 0.29) is 16.6 Å². The van der Waals surface area contributed by atoms with E-state index in [0.717, 1.165) is 49.9 Å². The van der Waals surface area contributed by atoms with E-state index in [1.165, 1.54) is 6.42 Å². The number of rotatable bonds is 5. The number of halogens is 1. The molecule has 0 amide bonds. The van der Waals surface area contributed by atoms with Gasteiger partial charge in [0.1, 0.15) is 11.5 Å². The van der Waals surface area contributed by atoms with Gasteiger partial charge in [-0.2, -0.15) is 5.26 Å². The Kier molecular flexibility index (Phi) is 5.64. The lowest BCUT2D eigenvalue weighted by atomic mass is 9.95. The summed E-state index contributed by atoms with van der Waals surface area (Å²) in [5, 5.41) is 11.6. The van der Waals surface area contributed by atoms with Gasteiger partial charge in [-0.25, -0.2) is 22.8 Å². The second-order valence-corrected chi connectivity index (χ2v) is 9.47. The lowest BCUT2D eigenvalue weighted by Gasteiger charge is -2.25. The molecular weight excluding hydrogens is 403 g/mol. The molecule has 3 aromatic rings. The molecule has 30 heavy (non-hydrogen) atoms. The fraction of sp³-hybridized carbons (Fsp3) is 0.318. The van der Waals surface area contributed by atoms with Crippen LogP contribution in [0.15, 0.2) is 53.4 Å². The predicted molar refractivity (Wildman–Crippen MR) is 112 cm³/mol. The smallest absolute Gasteiger partial charge is 0.200 e. The SMILES string of the molecule is N#CC(c1nc2ccccc2nc1NC1CCCCC1)S(=O)(=O)c1ccc(F)cc1. The highest BCUT2D eigenvalue weighted by atomic mass is 32.2. The first kappa shape index (κ1) is 20.2. The van der Waals surface area contributed by atoms with Crippen molar-refractivity contribution in [1.82, 2.24) is 9.97 Å². The molecule has 0 saturated heterocycles. The maximum atomic E-state index is 13.3. The maximum Gasteiger partial charge on any atom is 0.200 e. The average Bonchev–Trinajstić information content (AvgIpc) is 2.75. The van der Waals surface area contributed by atoms with Gasteiger partial charge in [-0.3, -0.25) is 0 Å². The molecule has 8 heteroatoms. The lowest BCUT2D eigenvalue weighted by Crippen LogP contribution is -2.25. The topological polar surface area (TPSA) is 95.7 Å². The zero-order valence-electron chi connectivity index (χ0n) is 16.3. The molecule has 1 atom stereocenters. The zero-order chi connectivity index (χ0) is 21.1. The molecule has 2 aromatic carbocycles. The number of sulfone groups is 1. The highest BCUT2D eigenvalue weighted by Crippen LogP contribution is 2.33. The second-order valence-electron chi connectivity index (χ2n) is 7.43. The van der Waals surface area contributed by atoms with E-state index in [0.29, 0.717) is 16.9 Å². The highest BCUT2D eigenvalue weighted by molar-refractivity contribution is 7.92. The van der Waals surface area contributed by atoms with Crippen LogP contribution < -0.4 is 5.32 Å². The van der Waals surface area contributed by atoms with E-state index >= 15 is 0 Å². The molecule has 1 N–H and O–H groups in total. The summed E-state index contributed by atoms with van der Waals surface area (Å²) in [4.78, 5) is 9.00. The van der Waals surface area contributed by atoms with E-state index in [1.54, 1.807) is 18.2 Å². The summed E-state index contributed by atoms with van der Waals surface area (Å²) in [7, 11) is -4.12. The van der Waals surface area contributed by atoms with Crippen molar-refractivity contribution in [2.24, 2.45) is 0 Å². The molecule has 1 heterocycles. The highest BCUT2D eigenvalue weighted by Gasteiger charge is 2.34. The van der Waals surface area contributed by atoms with Gasteiger partial charge >= 0.3 is 0 Å². The van der Waals surface area contributed by atoms with Crippen LogP contribution in [0.1, 0.15) is 43.0 Å². The quantitative estimate of drug-likeness (QED) is 0.604. The van der Waals surface area contributed by atoms with Crippen molar-refractivity contribution < 1.29 is 12.8 Å². The summed E-state index contributed by atoms with van der Waals surface area (Å²) in [6.45, 7) is 0. The molecule has 1 saturated carbocycles. The molecule has 6 nitrogen and oxygen atoms in total. The number of para-hydroxylation sites is 2. The lowest BCUT2D eigenvalue weighted by molar-refractivity contribution is 0.461. The van der Waals surface area contributed by atoms with Gasteiger partial charge in [0.15, 0.2) is 11.1 Å². The van der Waals surface area contributed by atoms with Gasteiger partial charge in [0, 0.05) is 6.04 Å². The molecule has 0 radical (unpaired) electrons. The van der Waals surface area contributed by atoms with Gasteiger partial charge in [-0.15, -0.1) is 0 Å². The van der Waals surface area contributed by atoms with Crippen LogP contribution in [0.2, 0.25) is 0 Å². The molecule has 1 aliphatic rings. The molecule has 0 bridgehead atoms. The number of fused-ring (bicyclic) bond motifs is 1. The predicted octanol–water partition coefficient (Wildman–Crippen LogP) is 4.55. The minimum Gasteiger partial charge on any atom is -0.366 e. The number of nitrogens with one attached hydrogen (secondary N) is 1. The molecule has 0 aliphatic heterocycles. The number of hydrogen-bond donors (Lipinski definition) is 1. The summed E-state index contributed by atoms with van der Waals surface area (Å²) in [6.07, 6.45) is 5.26. The Balaban J connectivity index is 1.82. The minimum absolute atomic E-state index is 0.0751. The molecule has 4 rings (SSSR count). The van der Waals surface area contributed by atoms with E-state index in [1.807, 2.05) is 12.1 Å². The first-order chi connectivity index (χ1) is 14.5. The van der Waals surface area contributed by atoms with Crippen molar-refractivity contribution in [3.05, 3.63) is 60.0 Å². The minimum atomic E-state index is -4.12. The summed E-state index contributed by atoms with van der Waals surface area (Å²) in [6, 6.07) is 13.6. The van der Waals surface area contributed by atoms with Crippen LogP contribution in [0, 0.1) is 17.1 Å².